The van der Waals surface area contributed by atoms with Crippen LogP contribution in [0.15, 0.2) is 42.5 Å². The first-order valence-electron chi connectivity index (χ1n) is 7.76. The zero-order valence-electron chi connectivity index (χ0n) is 14.2. The molecule has 0 aliphatic rings. The van der Waals surface area contributed by atoms with Crippen molar-refractivity contribution in [1.29, 1.82) is 0 Å². The number of benzene rings is 2. The number of ether oxygens (including phenoxy) is 1. The molecule has 0 saturated carbocycles. The zero-order chi connectivity index (χ0) is 18.4. The van der Waals surface area contributed by atoms with Crippen molar-refractivity contribution in [2.24, 2.45) is 5.73 Å². The Morgan fingerprint density at radius 2 is 1.72 bits per heavy atom. The van der Waals surface area contributed by atoms with E-state index in [1.54, 1.807) is 30.3 Å². The molecule has 0 spiro atoms. The second-order valence-corrected chi connectivity index (χ2v) is 5.73. The number of primary amides is 1. The Morgan fingerprint density at radius 1 is 1.04 bits per heavy atom. The third-order valence-electron chi connectivity index (χ3n) is 3.68. The van der Waals surface area contributed by atoms with E-state index < -0.39 is 12.0 Å². The van der Waals surface area contributed by atoms with Crippen LogP contribution in [0.1, 0.15) is 37.4 Å². The van der Waals surface area contributed by atoms with Gasteiger partial charge in [0.2, 0.25) is 5.78 Å². The summed E-state index contributed by atoms with van der Waals surface area (Å²) in [5.74, 6) is -0.815. The quantitative estimate of drug-likeness (QED) is 0.623. The van der Waals surface area contributed by atoms with E-state index in [1.807, 2.05) is 26.0 Å². The summed E-state index contributed by atoms with van der Waals surface area (Å²) in [4.78, 5) is 34.9. The smallest absolute Gasteiger partial charge is 0.338 e. The van der Waals surface area contributed by atoms with Crippen LogP contribution < -0.4 is 11.1 Å². The van der Waals surface area contributed by atoms with Crippen LogP contribution in [0.5, 0.6) is 0 Å². The molecule has 0 fully saturated rings. The van der Waals surface area contributed by atoms with E-state index in [2.05, 4.69) is 5.32 Å². The predicted octanol–water partition coefficient (Wildman–Crippen LogP) is 2.51. The van der Waals surface area contributed by atoms with E-state index in [4.69, 9.17) is 10.5 Å². The fraction of sp³-hybridized carbons (Fsp3) is 0.211. The summed E-state index contributed by atoms with van der Waals surface area (Å²) in [7, 11) is 0. The van der Waals surface area contributed by atoms with Crippen molar-refractivity contribution < 1.29 is 19.1 Å². The number of ketones is 1. The molecule has 130 valence electrons. The molecule has 0 unspecified atom stereocenters. The number of urea groups is 1. The van der Waals surface area contributed by atoms with Gasteiger partial charge in [0.15, 0.2) is 6.61 Å². The van der Waals surface area contributed by atoms with Crippen LogP contribution >= 0.6 is 0 Å². The van der Waals surface area contributed by atoms with E-state index in [-0.39, 0.29) is 18.9 Å². The van der Waals surface area contributed by atoms with Crippen LogP contribution in [0.2, 0.25) is 0 Å². The van der Waals surface area contributed by atoms with Gasteiger partial charge in [-0.3, -0.25) is 4.79 Å². The summed E-state index contributed by atoms with van der Waals surface area (Å²) in [6.45, 7) is 3.70. The Bertz CT molecular complexity index is 798. The maximum absolute atomic E-state index is 12.2. The van der Waals surface area contributed by atoms with Gasteiger partial charge < -0.3 is 15.8 Å². The lowest BCUT2D eigenvalue weighted by atomic mass is 10.0. The van der Waals surface area contributed by atoms with Crippen LogP contribution in [0.4, 0.5) is 4.79 Å². The molecule has 25 heavy (non-hydrogen) atoms. The Hall–Kier alpha value is -3.15. The molecule has 3 N–H and O–H groups in total. The van der Waals surface area contributed by atoms with Crippen molar-refractivity contribution >= 4 is 17.8 Å². The van der Waals surface area contributed by atoms with Gasteiger partial charge in [-0.15, -0.1) is 0 Å². The minimum atomic E-state index is -0.617. The molecule has 0 aromatic heterocycles. The number of carbonyl (C=O) groups excluding carboxylic acids is 3. The molecular weight excluding hydrogens is 320 g/mol. The first kappa shape index (κ1) is 18.2. The minimum Gasteiger partial charge on any atom is -0.454 e. The third kappa shape index (κ3) is 5.17. The maximum atomic E-state index is 12.2. The van der Waals surface area contributed by atoms with Crippen molar-refractivity contribution in [1.82, 2.24) is 5.32 Å². The number of hydrogen-bond acceptors (Lipinski definition) is 4. The molecule has 6 heteroatoms. The maximum Gasteiger partial charge on any atom is 0.338 e. The number of nitrogens with one attached hydrogen (secondary N) is 1. The van der Waals surface area contributed by atoms with Crippen molar-refractivity contribution in [3.8, 4) is 0 Å². The molecule has 2 aromatic rings. The fourth-order valence-electron chi connectivity index (χ4n) is 2.28. The number of esters is 1. The Labute approximate surface area is 146 Å². The number of carbonyl (C=O) groups is 3. The molecular formula is C19H20N2O4. The highest BCUT2D eigenvalue weighted by atomic mass is 16.5. The molecule has 0 bridgehead atoms. The van der Waals surface area contributed by atoms with Gasteiger partial charge in [0.1, 0.15) is 0 Å². The number of nitrogens with two attached hydrogens (primary N) is 1. The topological polar surface area (TPSA) is 98.5 Å². The summed E-state index contributed by atoms with van der Waals surface area (Å²) >= 11 is 0. The molecule has 2 rings (SSSR count). The van der Waals surface area contributed by atoms with Crippen LogP contribution in [-0.4, -0.2) is 24.4 Å². The SMILES string of the molecule is Cc1ccc(C)c(C(=O)COC(=O)c2ccc(CNC(N)=O)cc2)c1. The summed E-state index contributed by atoms with van der Waals surface area (Å²) in [5, 5.41) is 2.46. The number of amides is 2. The normalized spacial score (nSPS) is 10.2. The molecule has 0 aliphatic heterocycles. The number of Topliss-reactive ketones (excluding diaryl/α,β-unsaturated/α-hetero) is 1. The lowest BCUT2D eigenvalue weighted by Gasteiger charge is -2.08. The summed E-state index contributed by atoms with van der Waals surface area (Å²) < 4.78 is 5.10. The summed E-state index contributed by atoms with van der Waals surface area (Å²) in [5.41, 5.74) is 8.50. The van der Waals surface area contributed by atoms with Gasteiger partial charge in [0.05, 0.1) is 5.56 Å². The Kier molecular flexibility index (Phi) is 5.89. The number of rotatable bonds is 6. The van der Waals surface area contributed by atoms with Gasteiger partial charge >= 0.3 is 12.0 Å². The monoisotopic (exact) mass is 340 g/mol. The first-order chi connectivity index (χ1) is 11.9. The average Bonchev–Trinajstić information content (AvgIpc) is 2.60. The average molecular weight is 340 g/mol. The van der Waals surface area contributed by atoms with Gasteiger partial charge in [-0.05, 0) is 43.2 Å². The van der Waals surface area contributed by atoms with Gasteiger partial charge in [-0.2, -0.15) is 0 Å². The molecule has 0 heterocycles. The second kappa shape index (κ2) is 8.10. The van der Waals surface area contributed by atoms with Crippen molar-refractivity contribution in [3.05, 3.63) is 70.3 Å². The lowest BCUT2D eigenvalue weighted by molar-refractivity contribution is 0.0474. The number of hydrogen-bond donors (Lipinski definition) is 2. The lowest BCUT2D eigenvalue weighted by Crippen LogP contribution is -2.28. The highest BCUT2D eigenvalue weighted by Crippen LogP contribution is 2.12. The zero-order valence-corrected chi connectivity index (χ0v) is 14.2. The van der Waals surface area contributed by atoms with Crippen molar-refractivity contribution in [3.63, 3.8) is 0 Å². The fourth-order valence-corrected chi connectivity index (χ4v) is 2.28. The third-order valence-corrected chi connectivity index (χ3v) is 3.68. The Balaban J connectivity index is 1.94. The minimum absolute atomic E-state index is 0.239. The molecule has 0 atom stereocenters. The summed E-state index contributed by atoms with van der Waals surface area (Å²) in [6, 6.07) is 11.5. The van der Waals surface area contributed by atoms with Gasteiger partial charge in [-0.1, -0.05) is 29.8 Å². The van der Waals surface area contributed by atoms with Crippen molar-refractivity contribution in [2.75, 3.05) is 6.61 Å². The second-order valence-electron chi connectivity index (χ2n) is 5.73. The van der Waals surface area contributed by atoms with Crippen LogP contribution in [-0.2, 0) is 11.3 Å². The Morgan fingerprint density at radius 3 is 2.36 bits per heavy atom. The molecule has 2 aromatic carbocycles. The highest BCUT2D eigenvalue weighted by Gasteiger charge is 2.14. The van der Waals surface area contributed by atoms with E-state index >= 15 is 0 Å². The van der Waals surface area contributed by atoms with Gasteiger partial charge in [-0.25, -0.2) is 9.59 Å². The van der Waals surface area contributed by atoms with Crippen molar-refractivity contribution in [2.45, 2.75) is 20.4 Å². The van der Waals surface area contributed by atoms with E-state index in [0.717, 1.165) is 16.7 Å². The van der Waals surface area contributed by atoms with Crippen LogP contribution in [0.25, 0.3) is 0 Å². The summed E-state index contributed by atoms with van der Waals surface area (Å²) in [6.07, 6.45) is 0. The largest absolute Gasteiger partial charge is 0.454 e. The molecule has 0 saturated heterocycles. The van der Waals surface area contributed by atoms with E-state index in [1.165, 1.54) is 0 Å². The van der Waals surface area contributed by atoms with E-state index in [9.17, 15) is 14.4 Å². The molecule has 0 aliphatic carbocycles. The van der Waals surface area contributed by atoms with E-state index in [0.29, 0.717) is 11.1 Å². The first-order valence-corrected chi connectivity index (χ1v) is 7.76. The van der Waals surface area contributed by atoms with Crippen LogP contribution in [0, 0.1) is 13.8 Å². The molecule has 2 amide bonds. The van der Waals surface area contributed by atoms with Gasteiger partial charge in [0.25, 0.3) is 0 Å². The predicted molar refractivity (Wildman–Crippen MR) is 93.4 cm³/mol. The number of aryl methyl sites for hydroxylation is 2. The van der Waals surface area contributed by atoms with Gasteiger partial charge in [0, 0.05) is 12.1 Å². The molecule has 6 nitrogen and oxygen atoms in total. The van der Waals surface area contributed by atoms with Crippen LogP contribution in [0.3, 0.4) is 0 Å². The highest BCUT2D eigenvalue weighted by molar-refractivity contribution is 6.00. The standard InChI is InChI=1S/C19H20N2O4/c1-12-3-4-13(2)16(9-12)17(22)11-25-18(23)15-7-5-14(6-8-15)10-21-19(20)24/h3-9H,10-11H2,1-2H3,(H3,20,21,24). The molecule has 0 radical (unpaired) electrons.